The van der Waals surface area contributed by atoms with E-state index in [1.807, 2.05) is 31.2 Å². The maximum atomic E-state index is 12.7. The minimum Gasteiger partial charge on any atom is -0.497 e. The number of amides is 2. The van der Waals surface area contributed by atoms with Gasteiger partial charge in [0.25, 0.3) is 11.1 Å². The zero-order valence-corrected chi connectivity index (χ0v) is 16.7. The second-order valence-electron chi connectivity index (χ2n) is 5.95. The van der Waals surface area contributed by atoms with Crippen molar-refractivity contribution >= 4 is 29.0 Å². The first-order valence-electron chi connectivity index (χ1n) is 8.74. The predicted octanol–water partition coefficient (Wildman–Crippen LogP) is 4.34. The molecule has 0 unspecified atom stereocenters. The summed E-state index contributed by atoms with van der Waals surface area (Å²) in [6.07, 6.45) is 1.67. The zero-order chi connectivity index (χ0) is 20.1. The molecule has 0 spiro atoms. The number of nitrogens with zero attached hydrogens (tertiary/aromatic N) is 1. The molecule has 6 nitrogen and oxygen atoms in total. The highest BCUT2D eigenvalue weighted by Crippen LogP contribution is 2.35. The summed E-state index contributed by atoms with van der Waals surface area (Å²) in [5.74, 6) is 1.66. The van der Waals surface area contributed by atoms with Gasteiger partial charge in [0.15, 0.2) is 0 Å². The van der Waals surface area contributed by atoms with Gasteiger partial charge in [-0.2, -0.15) is 0 Å². The summed E-state index contributed by atoms with van der Waals surface area (Å²) >= 11 is 0.923. The maximum absolute atomic E-state index is 12.7. The van der Waals surface area contributed by atoms with Gasteiger partial charge in [0.2, 0.25) is 0 Å². The fraction of sp³-hybridized carbons (Fsp3) is 0.238. The predicted molar refractivity (Wildman–Crippen MR) is 109 cm³/mol. The number of rotatable bonds is 7. The molecule has 0 atom stereocenters. The third-order valence-corrected chi connectivity index (χ3v) is 5.08. The number of methoxy groups -OCH3 is 2. The Morgan fingerprint density at radius 1 is 1.00 bits per heavy atom. The first-order valence-corrected chi connectivity index (χ1v) is 9.56. The molecule has 146 valence electrons. The van der Waals surface area contributed by atoms with Crippen LogP contribution in [0, 0.1) is 0 Å². The van der Waals surface area contributed by atoms with Crippen molar-refractivity contribution < 1.29 is 23.8 Å². The van der Waals surface area contributed by atoms with Gasteiger partial charge < -0.3 is 14.2 Å². The monoisotopic (exact) mass is 399 g/mol. The SMILES string of the molecule is CCOc1ccc(CN2C(=O)S/C(=C/c3ccc(OC)cc3OC)C2=O)cc1. The van der Waals surface area contributed by atoms with E-state index in [4.69, 9.17) is 14.2 Å². The molecule has 2 aromatic rings. The molecule has 0 saturated carbocycles. The summed E-state index contributed by atoms with van der Waals surface area (Å²) < 4.78 is 16.0. The Morgan fingerprint density at radius 3 is 2.36 bits per heavy atom. The molecule has 28 heavy (non-hydrogen) atoms. The van der Waals surface area contributed by atoms with Crippen molar-refractivity contribution in [3.8, 4) is 17.2 Å². The highest BCUT2D eigenvalue weighted by molar-refractivity contribution is 8.18. The lowest BCUT2D eigenvalue weighted by Gasteiger charge is -2.13. The Labute approximate surface area is 168 Å². The zero-order valence-electron chi connectivity index (χ0n) is 15.9. The Kier molecular flexibility index (Phi) is 6.26. The van der Waals surface area contributed by atoms with Crippen molar-refractivity contribution in [3.05, 3.63) is 58.5 Å². The number of thioether (sulfide) groups is 1. The van der Waals surface area contributed by atoms with Crippen LogP contribution in [0.4, 0.5) is 4.79 Å². The standard InChI is InChI=1S/C21H21NO5S/c1-4-27-16-8-5-14(6-9-16)13-22-20(23)19(28-21(22)24)11-15-7-10-17(25-2)12-18(15)26-3/h5-12H,4,13H2,1-3H3/b19-11+. The van der Waals surface area contributed by atoms with Gasteiger partial charge in [0.05, 0.1) is 32.3 Å². The Bertz CT molecular complexity index is 908. The summed E-state index contributed by atoms with van der Waals surface area (Å²) in [4.78, 5) is 26.7. The third-order valence-electron chi connectivity index (χ3n) is 4.18. The lowest BCUT2D eigenvalue weighted by molar-refractivity contribution is -0.123. The molecule has 0 radical (unpaired) electrons. The first-order chi connectivity index (χ1) is 13.5. The van der Waals surface area contributed by atoms with Crippen LogP contribution < -0.4 is 14.2 Å². The van der Waals surface area contributed by atoms with E-state index in [-0.39, 0.29) is 17.7 Å². The fourth-order valence-electron chi connectivity index (χ4n) is 2.76. The van der Waals surface area contributed by atoms with Crippen LogP contribution in [-0.2, 0) is 11.3 Å². The van der Waals surface area contributed by atoms with E-state index in [0.717, 1.165) is 23.1 Å². The summed E-state index contributed by atoms with van der Waals surface area (Å²) in [5.41, 5.74) is 1.56. The highest BCUT2D eigenvalue weighted by Gasteiger charge is 2.35. The van der Waals surface area contributed by atoms with Crippen LogP contribution in [0.25, 0.3) is 6.08 Å². The van der Waals surface area contributed by atoms with E-state index in [9.17, 15) is 9.59 Å². The number of carbonyl (C=O) groups is 2. The smallest absolute Gasteiger partial charge is 0.293 e. The van der Waals surface area contributed by atoms with Crippen LogP contribution in [0.5, 0.6) is 17.2 Å². The van der Waals surface area contributed by atoms with Gasteiger partial charge in [-0.25, -0.2) is 0 Å². The van der Waals surface area contributed by atoms with Crippen molar-refractivity contribution in [1.29, 1.82) is 0 Å². The second-order valence-corrected chi connectivity index (χ2v) is 6.95. The van der Waals surface area contributed by atoms with Crippen molar-refractivity contribution in [2.24, 2.45) is 0 Å². The summed E-state index contributed by atoms with van der Waals surface area (Å²) in [6, 6.07) is 12.7. The molecule has 3 rings (SSSR count). The van der Waals surface area contributed by atoms with Crippen LogP contribution in [0.1, 0.15) is 18.1 Å². The Balaban J connectivity index is 1.78. The second kappa shape index (κ2) is 8.84. The normalized spacial score (nSPS) is 15.2. The number of imide groups is 1. The molecule has 2 amide bonds. The van der Waals surface area contributed by atoms with E-state index < -0.39 is 0 Å². The molecule has 2 aromatic carbocycles. The number of hydrogen-bond donors (Lipinski definition) is 0. The summed E-state index contributed by atoms with van der Waals surface area (Å²) in [7, 11) is 3.12. The molecule has 0 aromatic heterocycles. The fourth-order valence-corrected chi connectivity index (χ4v) is 3.58. The molecule has 0 aliphatic carbocycles. The Hall–Kier alpha value is -2.93. The average Bonchev–Trinajstić information content (AvgIpc) is 2.97. The third kappa shape index (κ3) is 4.31. The van der Waals surface area contributed by atoms with E-state index in [0.29, 0.717) is 28.6 Å². The van der Waals surface area contributed by atoms with Gasteiger partial charge in [-0.1, -0.05) is 12.1 Å². The number of benzene rings is 2. The molecule has 1 heterocycles. The van der Waals surface area contributed by atoms with Gasteiger partial charge in [0, 0.05) is 11.6 Å². The molecule has 1 aliphatic rings. The molecular formula is C21H21NO5S. The van der Waals surface area contributed by atoms with Crippen LogP contribution in [0.2, 0.25) is 0 Å². The van der Waals surface area contributed by atoms with E-state index in [2.05, 4.69) is 0 Å². The quantitative estimate of drug-likeness (QED) is 0.646. The van der Waals surface area contributed by atoms with E-state index in [1.165, 1.54) is 4.90 Å². The van der Waals surface area contributed by atoms with Crippen LogP contribution in [-0.4, -0.2) is 36.9 Å². The maximum Gasteiger partial charge on any atom is 0.293 e. The molecule has 7 heteroatoms. The average molecular weight is 399 g/mol. The molecule has 1 aliphatic heterocycles. The van der Waals surface area contributed by atoms with Crippen molar-refractivity contribution in [2.45, 2.75) is 13.5 Å². The Morgan fingerprint density at radius 2 is 1.71 bits per heavy atom. The summed E-state index contributed by atoms with van der Waals surface area (Å²) in [6.45, 7) is 2.72. The number of hydrogen-bond acceptors (Lipinski definition) is 6. The van der Waals surface area contributed by atoms with Crippen molar-refractivity contribution in [3.63, 3.8) is 0 Å². The van der Waals surface area contributed by atoms with Gasteiger partial charge in [-0.15, -0.1) is 0 Å². The molecule has 0 N–H and O–H groups in total. The van der Waals surface area contributed by atoms with Gasteiger partial charge in [-0.3, -0.25) is 14.5 Å². The van der Waals surface area contributed by atoms with Gasteiger partial charge in [-0.05, 0) is 54.6 Å². The van der Waals surface area contributed by atoms with Crippen LogP contribution >= 0.6 is 11.8 Å². The largest absolute Gasteiger partial charge is 0.497 e. The first kappa shape index (κ1) is 19.8. The summed E-state index contributed by atoms with van der Waals surface area (Å²) in [5, 5.41) is -0.294. The molecule has 1 saturated heterocycles. The number of ether oxygens (including phenoxy) is 3. The van der Waals surface area contributed by atoms with Crippen LogP contribution in [0.15, 0.2) is 47.4 Å². The lowest BCUT2D eigenvalue weighted by Crippen LogP contribution is -2.27. The van der Waals surface area contributed by atoms with E-state index in [1.54, 1.807) is 38.5 Å². The van der Waals surface area contributed by atoms with Crippen LogP contribution in [0.3, 0.4) is 0 Å². The van der Waals surface area contributed by atoms with Crippen molar-refractivity contribution in [2.75, 3.05) is 20.8 Å². The van der Waals surface area contributed by atoms with Gasteiger partial charge >= 0.3 is 0 Å². The van der Waals surface area contributed by atoms with E-state index >= 15 is 0 Å². The topological polar surface area (TPSA) is 65.1 Å². The lowest BCUT2D eigenvalue weighted by atomic mass is 10.1. The molecule has 0 bridgehead atoms. The minimum atomic E-state index is -0.318. The number of carbonyl (C=O) groups excluding carboxylic acids is 2. The minimum absolute atomic E-state index is 0.216. The molecular weight excluding hydrogens is 378 g/mol. The molecule has 1 fully saturated rings. The van der Waals surface area contributed by atoms with Gasteiger partial charge in [0.1, 0.15) is 17.2 Å². The highest BCUT2D eigenvalue weighted by atomic mass is 32.2. The van der Waals surface area contributed by atoms with Crippen molar-refractivity contribution in [1.82, 2.24) is 4.90 Å².